The average Bonchev–Trinajstić information content (AvgIpc) is 3.11. The fourth-order valence-electron chi connectivity index (χ4n) is 6.96. The van der Waals surface area contributed by atoms with Crippen molar-refractivity contribution in [2.75, 3.05) is 13.7 Å². The highest BCUT2D eigenvalue weighted by Gasteiger charge is 2.53. The summed E-state index contributed by atoms with van der Waals surface area (Å²) in [5.41, 5.74) is 2.91. The summed E-state index contributed by atoms with van der Waals surface area (Å²) in [5, 5.41) is 0. The Morgan fingerprint density at radius 1 is 1.13 bits per heavy atom. The third kappa shape index (κ3) is 3.29. The van der Waals surface area contributed by atoms with Crippen LogP contribution in [0.3, 0.4) is 0 Å². The van der Waals surface area contributed by atoms with E-state index in [1.54, 1.807) is 7.11 Å². The van der Waals surface area contributed by atoms with Crippen molar-refractivity contribution in [1.82, 2.24) is 0 Å². The lowest BCUT2D eigenvalue weighted by Gasteiger charge is -2.49. The van der Waals surface area contributed by atoms with Gasteiger partial charge in [0.05, 0.1) is 6.61 Å². The molecule has 1 saturated heterocycles. The lowest BCUT2D eigenvalue weighted by atomic mass is 9.55. The smallest absolute Gasteiger partial charge is 0.270 e. The summed E-state index contributed by atoms with van der Waals surface area (Å²) in [4.78, 5) is 0. The first-order valence-electron chi connectivity index (χ1n) is 11.5. The molecular formula is C25H32F2O3. The van der Waals surface area contributed by atoms with Gasteiger partial charge in [0.25, 0.3) is 6.08 Å². The Kier molecular flexibility index (Phi) is 5.39. The second-order valence-electron chi connectivity index (χ2n) is 9.78. The lowest BCUT2D eigenvalue weighted by molar-refractivity contribution is -0.179. The maximum atomic E-state index is 13.6. The minimum absolute atomic E-state index is 0.0318. The molecular weight excluding hydrogens is 386 g/mol. The van der Waals surface area contributed by atoms with Crippen LogP contribution in [-0.4, -0.2) is 26.1 Å². The molecule has 4 aliphatic rings. The number of aryl methyl sites for hydroxylation is 1. The zero-order valence-electron chi connectivity index (χ0n) is 18.0. The number of ether oxygens (including phenoxy) is 3. The molecule has 0 spiro atoms. The van der Waals surface area contributed by atoms with Crippen molar-refractivity contribution < 1.29 is 23.0 Å². The van der Waals surface area contributed by atoms with Crippen LogP contribution in [0.1, 0.15) is 68.9 Å². The molecule has 0 aromatic heterocycles. The van der Waals surface area contributed by atoms with Gasteiger partial charge in [-0.2, -0.15) is 8.78 Å². The van der Waals surface area contributed by atoms with Crippen molar-refractivity contribution >= 4 is 0 Å². The Morgan fingerprint density at radius 2 is 2.00 bits per heavy atom. The molecule has 0 N–H and O–H groups in total. The molecule has 1 aliphatic heterocycles. The standard InChI is InChI=1S/C25H32F2O3/c1-25-12-11-18-17-8-6-16(30-24-22(28-2)4-3-13-29-24)14-15(17)5-7-19(18)20(25)9-10-21(25)23(26)27/h6,8,14,18-20,22,24H,3-5,7,9-13H2,1-2H3/t18-,19-,20+,22?,24?,25+/m1/s1. The summed E-state index contributed by atoms with van der Waals surface area (Å²) in [6, 6.07) is 6.45. The van der Waals surface area contributed by atoms with Gasteiger partial charge in [0.15, 0.2) is 0 Å². The van der Waals surface area contributed by atoms with Gasteiger partial charge in [0.2, 0.25) is 6.29 Å². The number of benzene rings is 1. The van der Waals surface area contributed by atoms with E-state index < -0.39 is 6.08 Å². The maximum absolute atomic E-state index is 13.6. The molecule has 1 aromatic rings. The highest BCUT2D eigenvalue weighted by molar-refractivity contribution is 5.41. The molecule has 164 valence electrons. The van der Waals surface area contributed by atoms with Crippen molar-refractivity contribution in [2.24, 2.45) is 17.3 Å². The van der Waals surface area contributed by atoms with E-state index in [1.165, 1.54) is 11.1 Å². The summed E-state index contributed by atoms with van der Waals surface area (Å²) in [6.45, 7) is 2.80. The fraction of sp³-hybridized carbons (Fsp3) is 0.680. The molecule has 3 aliphatic carbocycles. The van der Waals surface area contributed by atoms with Crippen molar-refractivity contribution in [1.29, 1.82) is 0 Å². The number of allylic oxidation sites excluding steroid dienone is 1. The second-order valence-corrected chi connectivity index (χ2v) is 9.78. The van der Waals surface area contributed by atoms with Crippen LogP contribution in [-0.2, 0) is 15.9 Å². The molecule has 30 heavy (non-hydrogen) atoms. The molecule has 0 amide bonds. The lowest BCUT2D eigenvalue weighted by Crippen LogP contribution is -2.40. The topological polar surface area (TPSA) is 27.7 Å². The Morgan fingerprint density at radius 3 is 2.80 bits per heavy atom. The molecule has 2 unspecified atom stereocenters. The van der Waals surface area contributed by atoms with Crippen molar-refractivity contribution in [3.05, 3.63) is 41.0 Å². The minimum atomic E-state index is -1.42. The zero-order valence-corrected chi connectivity index (χ0v) is 18.0. The first kappa shape index (κ1) is 20.4. The van der Waals surface area contributed by atoms with Crippen LogP contribution in [0.25, 0.3) is 0 Å². The number of hydrogen-bond donors (Lipinski definition) is 0. The first-order valence-corrected chi connectivity index (χ1v) is 11.5. The van der Waals surface area contributed by atoms with E-state index in [2.05, 4.69) is 25.1 Å². The highest BCUT2D eigenvalue weighted by Crippen LogP contribution is 2.63. The molecule has 3 nitrogen and oxygen atoms in total. The molecule has 0 bridgehead atoms. The van der Waals surface area contributed by atoms with E-state index in [1.807, 2.05) is 0 Å². The molecule has 3 fully saturated rings. The molecule has 1 heterocycles. The van der Waals surface area contributed by atoms with Crippen molar-refractivity contribution in [3.63, 3.8) is 0 Å². The van der Waals surface area contributed by atoms with Gasteiger partial charge in [-0.05, 0) is 97.8 Å². The average molecular weight is 419 g/mol. The molecule has 6 atom stereocenters. The van der Waals surface area contributed by atoms with Crippen LogP contribution < -0.4 is 4.74 Å². The van der Waals surface area contributed by atoms with Gasteiger partial charge in [-0.25, -0.2) is 0 Å². The molecule has 1 aromatic carbocycles. The van der Waals surface area contributed by atoms with Crippen LogP contribution in [0.4, 0.5) is 8.78 Å². The first-order chi connectivity index (χ1) is 14.5. The summed E-state index contributed by atoms with van der Waals surface area (Å²) < 4.78 is 44.6. The summed E-state index contributed by atoms with van der Waals surface area (Å²) in [6.07, 6.45) is 5.58. The number of rotatable bonds is 3. The van der Waals surface area contributed by atoms with Crippen LogP contribution in [0.15, 0.2) is 29.9 Å². The summed E-state index contributed by atoms with van der Waals surface area (Å²) >= 11 is 0. The van der Waals surface area contributed by atoms with Crippen LogP contribution in [0.2, 0.25) is 0 Å². The van der Waals surface area contributed by atoms with Gasteiger partial charge in [-0.3, -0.25) is 0 Å². The normalized spacial score (nSPS) is 37.9. The number of halogens is 2. The molecule has 5 heteroatoms. The third-order valence-corrected chi connectivity index (χ3v) is 8.48. The quantitative estimate of drug-likeness (QED) is 0.583. The van der Waals surface area contributed by atoms with Crippen molar-refractivity contribution in [2.45, 2.75) is 76.6 Å². The van der Waals surface area contributed by atoms with Gasteiger partial charge in [0.1, 0.15) is 11.9 Å². The van der Waals surface area contributed by atoms with Crippen LogP contribution >= 0.6 is 0 Å². The predicted octanol–water partition coefficient (Wildman–Crippen LogP) is 6.22. The van der Waals surface area contributed by atoms with Crippen LogP contribution in [0.5, 0.6) is 5.75 Å². The van der Waals surface area contributed by atoms with E-state index >= 15 is 0 Å². The van der Waals surface area contributed by atoms with Gasteiger partial charge >= 0.3 is 0 Å². The zero-order chi connectivity index (χ0) is 20.9. The van der Waals surface area contributed by atoms with Gasteiger partial charge in [-0.15, -0.1) is 0 Å². The van der Waals surface area contributed by atoms with E-state index in [0.29, 0.717) is 36.4 Å². The van der Waals surface area contributed by atoms with E-state index in [9.17, 15) is 8.78 Å². The SMILES string of the molecule is COC1CCCOC1Oc1ccc2c(c1)CC[C@@H]1[C@@H]2CC[C@]2(C)C(=C(F)F)CC[C@@H]12. The summed E-state index contributed by atoms with van der Waals surface area (Å²) in [5.74, 6) is 2.22. The van der Waals surface area contributed by atoms with E-state index in [0.717, 1.165) is 50.7 Å². The van der Waals surface area contributed by atoms with Crippen molar-refractivity contribution in [3.8, 4) is 5.75 Å². The maximum Gasteiger partial charge on any atom is 0.270 e. The number of hydrogen-bond acceptors (Lipinski definition) is 3. The number of fused-ring (bicyclic) bond motifs is 5. The second kappa shape index (κ2) is 7.90. The Bertz CT molecular complexity index is 834. The van der Waals surface area contributed by atoms with Gasteiger partial charge in [-0.1, -0.05) is 13.0 Å². The fourth-order valence-corrected chi connectivity index (χ4v) is 6.96. The van der Waals surface area contributed by atoms with E-state index in [4.69, 9.17) is 14.2 Å². The largest absolute Gasteiger partial charge is 0.462 e. The summed E-state index contributed by atoms with van der Waals surface area (Å²) in [7, 11) is 1.71. The Labute approximate surface area is 177 Å². The van der Waals surface area contributed by atoms with Crippen LogP contribution in [0, 0.1) is 17.3 Å². The van der Waals surface area contributed by atoms with Gasteiger partial charge in [0, 0.05) is 12.7 Å². The minimum Gasteiger partial charge on any atom is -0.462 e. The van der Waals surface area contributed by atoms with Gasteiger partial charge < -0.3 is 14.2 Å². The molecule has 5 rings (SSSR count). The highest BCUT2D eigenvalue weighted by atomic mass is 19.3. The molecule has 2 saturated carbocycles. The Balaban J connectivity index is 1.36. The Hall–Kier alpha value is -1.46. The monoisotopic (exact) mass is 418 g/mol. The number of methoxy groups -OCH3 is 1. The van der Waals surface area contributed by atoms with E-state index in [-0.39, 0.29) is 17.8 Å². The predicted molar refractivity (Wildman–Crippen MR) is 111 cm³/mol. The molecule has 0 radical (unpaired) electrons. The third-order valence-electron chi connectivity index (χ3n) is 8.48.